The smallest absolute Gasteiger partial charge is 0.390 e. The average Bonchev–Trinajstić information content (AvgIpc) is 1.56. The van der Waals surface area contributed by atoms with Crippen LogP contribution in [0.5, 0.6) is 0 Å². The van der Waals surface area contributed by atoms with Crippen LogP contribution in [0.25, 0.3) is 22.3 Å². The van der Waals surface area contributed by atoms with Crippen molar-refractivity contribution in [2.75, 3.05) is 44.4 Å². The largest absolute Gasteiger partial charge is 0.472 e. The van der Waals surface area contributed by atoms with Crippen LogP contribution in [0.1, 0.15) is 50.3 Å². The quantitative estimate of drug-likeness (QED) is 0.0181. The standard InChI is InChI=1S/C49H79N19O25P2/c50-8-21-33(71)35(73)28(54)45(87-21)90-38-18(53)5-17(52)32(70)40(38)92-47-37(75)39(91-46-29(55)36(74)34(72)22(9-51)88-46)23(89-47)11-66-10-16(64-65-66)3-1-2-4-82-94(78,79)83-13-25-20(7-27(86-25)68-15-59-31-42(68)61-49(57)63-44(31)77)93-95(80,81)84-12-24-19(69)6-26(85-24)67-14-58-30-41(67)60-48(56)62-43(30)76/h10,14-15,17-29,32-40,45-47,69-75H,1-9,11-13,50-55H2,(H,78,79)(H,80,81)(H3,56,60,62,76)(H3,57,61,63,77)/t17-,18+,19+,20+,21-,22+,23-,24-,25-,26-,27-,28-,29-,32+,33-,34-,35-,36-,37-,38-,39-,40-,45-,46-,47+/m1/s1. The van der Waals surface area contributed by atoms with Crippen molar-refractivity contribution >= 4 is 49.9 Å². The van der Waals surface area contributed by atoms with E-state index in [1.807, 2.05) is 0 Å². The number of hydrogen-bond acceptors (Lipinski definition) is 37. The first-order valence-corrected chi connectivity index (χ1v) is 33.1. The Labute approximate surface area is 535 Å². The molecule has 5 aliphatic heterocycles. The van der Waals surface area contributed by atoms with Crippen LogP contribution in [0.2, 0.25) is 0 Å². The number of ether oxygens (including phenoxy) is 8. The first-order chi connectivity index (χ1) is 45.1. The molecule has 27 atom stereocenters. The highest BCUT2D eigenvalue weighted by Crippen LogP contribution is 2.51. The lowest BCUT2D eigenvalue weighted by atomic mass is 9.84. The predicted molar refractivity (Wildman–Crippen MR) is 315 cm³/mol. The van der Waals surface area contributed by atoms with Crippen molar-refractivity contribution < 1.29 is 111 Å². The number of unbranched alkanes of at least 4 members (excludes halogenated alkanes) is 1. The third-order valence-electron chi connectivity index (χ3n) is 17.2. The number of phosphoric acid groups is 2. The van der Waals surface area contributed by atoms with E-state index in [4.69, 9.17) is 102 Å². The summed E-state index contributed by atoms with van der Waals surface area (Å²) in [4.78, 5) is 67.8. The summed E-state index contributed by atoms with van der Waals surface area (Å²) in [5.74, 6) is -0.469. The van der Waals surface area contributed by atoms with Gasteiger partial charge in [0.1, 0.15) is 97.9 Å². The molecule has 0 bridgehead atoms. The zero-order valence-corrected chi connectivity index (χ0v) is 52.0. The summed E-state index contributed by atoms with van der Waals surface area (Å²) in [7, 11) is -10.1. The molecule has 2 unspecified atom stereocenters. The van der Waals surface area contributed by atoms with Gasteiger partial charge in [-0.05, 0) is 25.7 Å². The number of aryl methyl sites for hydroxylation is 1. The molecule has 530 valence electrons. The number of fused-ring (bicyclic) bond motifs is 2. The SMILES string of the molecule is NC[C@@H]1O[C@H](O[C@H]2[C@@H](O)[C@H](O[C@@H]3[C@@H](O)[C@H](N)C[C@H](N)[C@H]3O[C@H]3O[C@H](CN)[C@@H](O)[C@H](O)[C@H]3N)O[C@@H]2Cn2cc(CCCCOP(=O)(O)OC[C@H]3O[C@@H](n4cnc5c(=O)[nH]c(N)nc54)C[C@@H]3OP(=O)(O)OC[C@H]3O[C@@H](n4cnc5c(=O)[nH]c(N)nc54)C[C@@H]3O)nn2)[C@H](N)[C@@H](O)[C@@H]1O. The molecule has 11 rings (SSSR count). The Balaban J connectivity index is 0.704. The number of aromatic nitrogens is 11. The molecule has 0 aromatic carbocycles. The number of H-pyrrole nitrogens is 2. The monoisotopic (exact) mass is 1400 g/mol. The molecule has 0 spiro atoms. The summed E-state index contributed by atoms with van der Waals surface area (Å²) < 4.78 is 101. The van der Waals surface area contributed by atoms with Gasteiger partial charge in [-0.3, -0.25) is 46.8 Å². The van der Waals surface area contributed by atoms with E-state index in [1.165, 1.54) is 32.7 Å². The second-order valence-electron chi connectivity index (χ2n) is 23.8. The molecule has 5 aromatic heterocycles. The van der Waals surface area contributed by atoms with Crippen molar-refractivity contribution in [3.63, 3.8) is 0 Å². The lowest BCUT2D eigenvalue weighted by Gasteiger charge is -2.47. The van der Waals surface area contributed by atoms with E-state index in [0.717, 1.165) is 0 Å². The average molecular weight is 1400 g/mol. The van der Waals surface area contributed by atoms with Crippen LogP contribution >= 0.6 is 15.6 Å². The minimum absolute atomic E-state index is 0.000334. The summed E-state index contributed by atoms with van der Waals surface area (Å²) in [6.45, 7) is -2.54. The third-order valence-corrected chi connectivity index (χ3v) is 19.2. The van der Waals surface area contributed by atoms with Gasteiger partial charge in [0.15, 0.2) is 41.2 Å². The number of imidazole rings is 2. The number of nitrogens with one attached hydrogen (secondary N) is 2. The predicted octanol–water partition coefficient (Wildman–Crippen LogP) is -9.27. The summed E-state index contributed by atoms with van der Waals surface area (Å²) in [6, 6.07) is -4.66. The normalized spacial score (nSPS) is 38.3. The summed E-state index contributed by atoms with van der Waals surface area (Å²) in [5.41, 5.74) is 47.3. The van der Waals surface area contributed by atoms with Crippen molar-refractivity contribution in [3.8, 4) is 0 Å². The molecule has 27 N–H and O–H groups in total. The zero-order valence-electron chi connectivity index (χ0n) is 50.2. The number of aliphatic hydroxyl groups is 7. The molecule has 5 saturated heterocycles. The summed E-state index contributed by atoms with van der Waals surface area (Å²) in [6.07, 6.45) is -24.8. The molecule has 5 aromatic rings. The van der Waals surface area contributed by atoms with Crippen LogP contribution in [0, 0.1) is 0 Å². The van der Waals surface area contributed by atoms with Gasteiger partial charge in [-0.1, -0.05) is 5.21 Å². The van der Waals surface area contributed by atoms with Gasteiger partial charge < -0.3 is 129 Å². The van der Waals surface area contributed by atoms with Gasteiger partial charge in [-0.15, -0.1) is 5.10 Å². The number of hydrogen-bond donors (Lipinski definition) is 19. The summed E-state index contributed by atoms with van der Waals surface area (Å²) in [5, 5.41) is 85.3. The highest BCUT2D eigenvalue weighted by Gasteiger charge is 2.55. The minimum Gasteiger partial charge on any atom is -0.390 e. The number of rotatable bonds is 26. The maximum Gasteiger partial charge on any atom is 0.472 e. The fraction of sp³-hybridized carbons (Fsp3) is 0.755. The van der Waals surface area contributed by atoms with E-state index in [2.05, 4.69) is 40.2 Å². The molecule has 6 fully saturated rings. The van der Waals surface area contributed by atoms with Crippen molar-refractivity contribution in [2.45, 2.75) is 198 Å². The first kappa shape index (κ1) is 71.1. The molecule has 0 amide bonds. The van der Waals surface area contributed by atoms with Crippen molar-refractivity contribution in [1.29, 1.82) is 0 Å². The van der Waals surface area contributed by atoms with Crippen LogP contribution in [-0.4, -0.2) is 273 Å². The van der Waals surface area contributed by atoms with Crippen LogP contribution in [-0.2, 0) is 78.1 Å². The van der Waals surface area contributed by atoms with Crippen LogP contribution in [0.4, 0.5) is 11.9 Å². The van der Waals surface area contributed by atoms with E-state index in [-0.39, 0.29) is 92.6 Å². The van der Waals surface area contributed by atoms with E-state index in [9.17, 15) is 64.3 Å². The highest BCUT2D eigenvalue weighted by molar-refractivity contribution is 7.47. The van der Waals surface area contributed by atoms with Gasteiger partial charge in [-0.25, -0.2) is 23.8 Å². The number of aliphatic hydroxyl groups excluding tert-OH is 7. The Morgan fingerprint density at radius 2 is 1.13 bits per heavy atom. The molecule has 1 aliphatic carbocycles. The van der Waals surface area contributed by atoms with Crippen LogP contribution in [0.15, 0.2) is 28.4 Å². The van der Waals surface area contributed by atoms with Crippen molar-refractivity contribution in [3.05, 3.63) is 45.3 Å². The number of phosphoric ester groups is 2. The first-order valence-electron chi connectivity index (χ1n) is 30.1. The maximum absolute atomic E-state index is 13.6. The molecule has 6 aliphatic rings. The molecule has 10 heterocycles. The molecule has 44 nitrogen and oxygen atoms in total. The van der Waals surface area contributed by atoms with Crippen molar-refractivity contribution in [2.24, 2.45) is 34.4 Å². The Kier molecular flexibility index (Phi) is 22.0. The second-order valence-corrected chi connectivity index (χ2v) is 26.7. The Hall–Kier alpha value is -5.18. The van der Waals surface area contributed by atoms with Gasteiger partial charge in [0.25, 0.3) is 11.1 Å². The van der Waals surface area contributed by atoms with Gasteiger partial charge >= 0.3 is 15.6 Å². The third kappa shape index (κ3) is 15.5. The van der Waals surface area contributed by atoms with Gasteiger partial charge in [0.05, 0.1) is 69.0 Å². The number of nitrogens with two attached hydrogens (primary N) is 8. The zero-order chi connectivity index (χ0) is 68.1. The highest BCUT2D eigenvalue weighted by atomic mass is 31.2. The molecular weight excluding hydrogens is 1320 g/mol. The molecule has 0 radical (unpaired) electrons. The van der Waals surface area contributed by atoms with Crippen LogP contribution in [0.3, 0.4) is 0 Å². The fourth-order valence-electron chi connectivity index (χ4n) is 12.1. The number of nitrogens with zero attached hydrogens (tertiary/aromatic N) is 9. The van der Waals surface area contributed by atoms with Crippen LogP contribution < -0.4 is 57.0 Å². The maximum atomic E-state index is 13.6. The molecule has 46 heteroatoms. The second kappa shape index (κ2) is 29.3. The Morgan fingerprint density at radius 3 is 1.73 bits per heavy atom. The van der Waals surface area contributed by atoms with Crippen molar-refractivity contribution in [1.82, 2.24) is 54.0 Å². The van der Waals surface area contributed by atoms with Gasteiger partial charge in [-0.2, -0.15) is 9.97 Å². The van der Waals surface area contributed by atoms with Gasteiger partial charge in [0, 0.05) is 44.2 Å². The lowest BCUT2D eigenvalue weighted by Crippen LogP contribution is -2.68. The topological polar surface area (TPSA) is 693 Å². The number of aromatic amines is 2. The number of nitrogen functional groups attached to an aromatic ring is 2. The molecule has 1 saturated carbocycles. The molecule has 95 heavy (non-hydrogen) atoms. The van der Waals surface area contributed by atoms with Gasteiger partial charge in [0.2, 0.25) is 11.9 Å². The Morgan fingerprint density at radius 1 is 0.589 bits per heavy atom. The molecular formula is C49H79N19O25P2. The van der Waals surface area contributed by atoms with E-state index >= 15 is 0 Å². The lowest BCUT2D eigenvalue weighted by molar-refractivity contribution is -0.306. The van der Waals surface area contributed by atoms with E-state index in [0.29, 0.717) is 12.1 Å². The minimum atomic E-state index is -5.13. The van der Waals surface area contributed by atoms with E-state index < -0.39 is 193 Å². The number of anilines is 2. The summed E-state index contributed by atoms with van der Waals surface area (Å²) >= 11 is 0. The van der Waals surface area contributed by atoms with E-state index in [1.54, 1.807) is 0 Å². The fourth-order valence-corrected chi connectivity index (χ4v) is 13.8. The Bertz CT molecular complexity index is 3650.